The van der Waals surface area contributed by atoms with Crippen molar-refractivity contribution in [2.24, 2.45) is 0 Å². The lowest BCUT2D eigenvalue weighted by molar-refractivity contribution is 0.232. The Hall–Kier alpha value is -2.42. The monoisotopic (exact) mass is 288 g/mol. The Morgan fingerprint density at radius 2 is 2.05 bits per heavy atom. The van der Waals surface area contributed by atoms with Crippen molar-refractivity contribution >= 4 is 5.57 Å². The zero-order valence-corrected chi connectivity index (χ0v) is 12.0. The van der Waals surface area contributed by atoms with E-state index < -0.39 is 6.85 Å². The third kappa shape index (κ3) is 3.02. The molecule has 0 radical (unpaired) electrons. The summed E-state index contributed by atoms with van der Waals surface area (Å²) in [5, 5.41) is 15.2. The van der Waals surface area contributed by atoms with E-state index in [0.29, 0.717) is 11.1 Å². The number of rotatable bonds is 5. The summed E-state index contributed by atoms with van der Waals surface area (Å²) in [5.41, 5.74) is 0.751. The molecule has 0 aliphatic carbocycles. The summed E-state index contributed by atoms with van der Waals surface area (Å²) in [6, 6.07) is 10.1. The second-order valence-electron chi connectivity index (χ2n) is 4.99. The molecule has 0 atom stereocenters. The number of hydrogen-bond donors (Lipinski definition) is 2. The van der Waals surface area contributed by atoms with Crippen molar-refractivity contribution in [3.05, 3.63) is 48.5 Å². The first-order valence-corrected chi connectivity index (χ1v) is 6.61. The number of aromatic hydroxyl groups is 2. The molecule has 2 N–H and O–H groups in total. The molecule has 0 spiro atoms. The van der Waals surface area contributed by atoms with E-state index in [-0.39, 0.29) is 34.5 Å². The van der Waals surface area contributed by atoms with Gasteiger partial charge in [0.25, 0.3) is 1.43 Å². The fraction of sp³-hybridized carbons (Fsp3) is 0.222. The van der Waals surface area contributed by atoms with Crippen LogP contribution in [0, 0.1) is 0 Å². The molecular weight excluding hydrogens is 264 g/mol. The van der Waals surface area contributed by atoms with E-state index in [0.717, 1.165) is 0 Å². The van der Waals surface area contributed by atoms with E-state index in [1.165, 1.54) is 6.07 Å². The molecule has 0 fully saturated rings. The lowest BCUT2D eigenvalue weighted by Crippen LogP contribution is -2.07. The van der Waals surface area contributed by atoms with Gasteiger partial charge in [-0.3, -0.25) is 0 Å². The van der Waals surface area contributed by atoms with Gasteiger partial charge >= 0.3 is 0 Å². The number of phenols is 2. The lowest BCUT2D eigenvalue weighted by Gasteiger charge is -2.19. The molecule has 0 aliphatic rings. The predicted octanol–water partition coefficient (Wildman–Crippen LogP) is 4.59. The van der Waals surface area contributed by atoms with Gasteiger partial charge in [0.2, 0.25) is 0 Å². The Morgan fingerprint density at radius 1 is 1.33 bits per heavy atom. The van der Waals surface area contributed by atoms with Crippen molar-refractivity contribution in [3.63, 3.8) is 0 Å². The molecule has 0 aliphatic heterocycles. The van der Waals surface area contributed by atoms with Gasteiger partial charge in [0.05, 0.1) is 11.7 Å². The van der Waals surface area contributed by atoms with Crippen LogP contribution in [0.2, 0.25) is 0 Å². The molecule has 0 saturated heterocycles. The summed E-state index contributed by atoms with van der Waals surface area (Å²) in [7, 11) is 0. The average molecular weight is 288 g/mol. The third-order valence-corrected chi connectivity index (χ3v) is 2.95. The number of benzene rings is 2. The average Bonchev–Trinajstić information content (AvgIpc) is 2.54. The summed E-state index contributed by atoms with van der Waals surface area (Å²) in [4.78, 5) is 0. The van der Waals surface area contributed by atoms with E-state index in [1.807, 2.05) is 6.07 Å². The molecule has 0 aromatic heterocycles. The standard InChI is InChI=1S/C18H20O3/c1-11(2)14-10-15(19)18(21-12(3)4)16(17(14)20)13-8-6-5-7-9-13/h5-10,12,19-20H,1H2,2-4H3/i2D3/hD. The van der Waals surface area contributed by atoms with E-state index >= 15 is 0 Å². The highest BCUT2D eigenvalue weighted by atomic mass is 16.5. The normalized spacial score (nSPS) is 13.9. The van der Waals surface area contributed by atoms with Gasteiger partial charge in [-0.15, -0.1) is 0 Å². The minimum Gasteiger partial charge on any atom is -0.507 e. The van der Waals surface area contributed by atoms with Gasteiger partial charge in [-0.25, -0.2) is 0 Å². The molecule has 2 aromatic carbocycles. The van der Waals surface area contributed by atoms with Crippen LogP contribution in [0.3, 0.4) is 0 Å². The summed E-state index contributed by atoms with van der Waals surface area (Å²) in [6.07, 6.45) is -0.247. The Balaban J connectivity index is 2.83. The van der Waals surface area contributed by atoms with Crippen molar-refractivity contribution in [2.45, 2.75) is 26.8 Å². The van der Waals surface area contributed by atoms with Crippen molar-refractivity contribution in [2.75, 3.05) is 0 Å². The smallest absolute Gasteiger partial charge is 0.293 e. The first-order chi connectivity index (χ1) is 11.7. The second-order valence-corrected chi connectivity index (χ2v) is 4.99. The van der Waals surface area contributed by atoms with Gasteiger partial charge in [-0.2, -0.15) is 0 Å². The van der Waals surface area contributed by atoms with E-state index in [1.54, 1.807) is 38.1 Å². The minimum atomic E-state index is -2.49. The Morgan fingerprint density at radius 3 is 2.62 bits per heavy atom. The first kappa shape index (κ1) is 10.3. The van der Waals surface area contributed by atoms with Crippen LogP contribution in [0.5, 0.6) is 17.2 Å². The second kappa shape index (κ2) is 5.92. The van der Waals surface area contributed by atoms with E-state index in [2.05, 4.69) is 6.58 Å². The third-order valence-electron chi connectivity index (χ3n) is 2.95. The SMILES string of the molecule is [2H]Oc1c(C(=C)C([2H])([2H])[2H])cc(O)c(OC(C)C)c1-c1ccccc1. The van der Waals surface area contributed by atoms with Gasteiger partial charge < -0.3 is 15.0 Å². The topological polar surface area (TPSA) is 49.7 Å². The van der Waals surface area contributed by atoms with Crippen LogP contribution in [0.25, 0.3) is 16.7 Å². The zero-order chi connectivity index (χ0) is 18.8. The molecule has 0 saturated carbocycles. The molecule has 0 bridgehead atoms. The van der Waals surface area contributed by atoms with Crippen LogP contribution in [0.15, 0.2) is 43.0 Å². The van der Waals surface area contributed by atoms with Gasteiger partial charge in [0.15, 0.2) is 11.5 Å². The molecule has 110 valence electrons. The highest BCUT2D eigenvalue weighted by Gasteiger charge is 2.21. The van der Waals surface area contributed by atoms with Crippen molar-refractivity contribution in [1.82, 2.24) is 0 Å². The molecule has 2 rings (SSSR count). The minimum absolute atomic E-state index is 0.0271. The summed E-state index contributed by atoms with van der Waals surface area (Å²) < 4.78 is 35.9. The molecule has 0 amide bonds. The fourth-order valence-corrected chi connectivity index (χ4v) is 2.08. The number of phenolic OH excluding ortho intramolecular Hbond substituents is 2. The van der Waals surface area contributed by atoms with Crippen LogP contribution in [-0.2, 0) is 0 Å². The van der Waals surface area contributed by atoms with Gasteiger partial charge in [0.1, 0.15) is 5.75 Å². The van der Waals surface area contributed by atoms with Crippen LogP contribution in [0.1, 0.15) is 30.4 Å². The molecule has 3 heteroatoms. The van der Waals surface area contributed by atoms with Gasteiger partial charge in [-0.05, 0) is 37.9 Å². The summed E-state index contributed by atoms with van der Waals surface area (Å²) >= 11 is 0. The summed E-state index contributed by atoms with van der Waals surface area (Å²) in [6.45, 7) is 4.69. The van der Waals surface area contributed by atoms with Crippen LogP contribution in [0.4, 0.5) is 0 Å². The Kier molecular flexibility index (Phi) is 2.91. The van der Waals surface area contributed by atoms with E-state index in [9.17, 15) is 5.11 Å². The molecule has 21 heavy (non-hydrogen) atoms. The van der Waals surface area contributed by atoms with Gasteiger partial charge in [-0.1, -0.05) is 36.9 Å². The largest absolute Gasteiger partial charge is 0.507 e. The molecule has 0 heterocycles. The van der Waals surface area contributed by atoms with Gasteiger partial charge in [0, 0.05) is 9.68 Å². The quantitative estimate of drug-likeness (QED) is 0.791. The number of allylic oxidation sites excluding steroid dienone is 1. The van der Waals surface area contributed by atoms with Crippen molar-refractivity contribution in [1.29, 1.82) is 1.43 Å². The van der Waals surface area contributed by atoms with Crippen molar-refractivity contribution in [3.8, 4) is 28.4 Å². The van der Waals surface area contributed by atoms with Crippen molar-refractivity contribution < 1.29 is 19.1 Å². The molecular formula is C18H20O3. The Labute approximate surface area is 130 Å². The fourth-order valence-electron chi connectivity index (χ4n) is 2.08. The Bertz CT molecular complexity index is 768. The zero-order valence-electron chi connectivity index (χ0n) is 16.0. The predicted molar refractivity (Wildman–Crippen MR) is 85.7 cm³/mol. The highest BCUT2D eigenvalue weighted by molar-refractivity contribution is 5.86. The maximum absolute atomic E-state index is 10.5. The molecule has 2 aromatic rings. The molecule has 0 unspecified atom stereocenters. The van der Waals surface area contributed by atoms with Crippen LogP contribution in [-0.4, -0.2) is 17.8 Å². The maximum atomic E-state index is 10.5. The number of hydrogen-bond acceptors (Lipinski definition) is 3. The first-order valence-electron chi connectivity index (χ1n) is 8.52. The summed E-state index contributed by atoms with van der Waals surface area (Å²) in [5.74, 6) is -0.139. The molecule has 3 nitrogen and oxygen atoms in total. The van der Waals surface area contributed by atoms with Crippen LogP contribution < -0.4 is 4.74 Å². The maximum Gasteiger partial charge on any atom is 0.293 e. The van der Waals surface area contributed by atoms with E-state index in [4.69, 9.17) is 15.4 Å². The number of ether oxygens (including phenoxy) is 1. The lowest BCUT2D eigenvalue weighted by atomic mass is 9.96. The highest BCUT2D eigenvalue weighted by Crippen LogP contribution is 2.47. The van der Waals surface area contributed by atoms with Crippen LogP contribution >= 0.6 is 0 Å².